The van der Waals surface area contributed by atoms with E-state index in [1.807, 2.05) is 26.8 Å². The lowest BCUT2D eigenvalue weighted by atomic mass is 9.82. The number of rotatable bonds is 16. The van der Waals surface area contributed by atoms with Gasteiger partial charge in [0.25, 0.3) is 0 Å². The van der Waals surface area contributed by atoms with Gasteiger partial charge in [0.15, 0.2) is 24.3 Å². The number of allylic oxidation sites excluding steroid dienone is 2. The highest BCUT2D eigenvalue weighted by Crippen LogP contribution is 2.39. The molecule has 66 heavy (non-hydrogen) atoms. The molecular formula is C48H77NO17. The Labute approximate surface area is 390 Å². The zero-order valence-electron chi connectivity index (χ0n) is 41.2. The summed E-state index contributed by atoms with van der Waals surface area (Å²) in [7, 11) is 4.84. The minimum Gasteiger partial charge on any atom is -0.462 e. The standard InChI is InChI=1S/C48H77NO17/c1-14-36(52)62-34-20-18-16-17-19-29(6)58-39(55)25-35(61-32(9)51)45(57-13)44(33(21-22-50)24-28(34)5)65-47-42(56)41(49(11)12)43(30(7)60-47)64-40-26-48(10,66-37(53)15-2)46(31(8)59-40)63-38(54)23-27(3)4/h16-18,20,22,27-31,33-35,40-47,56H,14-15,19,21,23-26H2,1-13H3/t28-,29-,30?,31?,33+,34+,35-,40+,41+,42?,43-,44+,45+,46+,47+,48+/m1/s1. The predicted molar refractivity (Wildman–Crippen MR) is 238 cm³/mol. The summed E-state index contributed by atoms with van der Waals surface area (Å²) in [5.41, 5.74) is -1.34. The second-order valence-corrected chi connectivity index (χ2v) is 18.6. The first kappa shape index (κ1) is 56.5. The molecule has 3 aliphatic rings. The van der Waals surface area contributed by atoms with Gasteiger partial charge < -0.3 is 62.2 Å². The summed E-state index contributed by atoms with van der Waals surface area (Å²) in [6, 6.07) is -0.837. The summed E-state index contributed by atoms with van der Waals surface area (Å²) < 4.78 is 61.4. The Morgan fingerprint density at radius 1 is 0.924 bits per heavy atom. The normalized spacial score (nSPS) is 36.0. The predicted octanol–water partition coefficient (Wildman–Crippen LogP) is 4.94. The number of aliphatic hydroxyl groups excluding tert-OH is 1. The largest absolute Gasteiger partial charge is 0.462 e. The average molecular weight is 940 g/mol. The molecule has 18 heteroatoms. The first-order chi connectivity index (χ1) is 31.1. The Balaban J connectivity index is 2.07. The number of methoxy groups -OCH3 is 1. The van der Waals surface area contributed by atoms with E-state index in [0.29, 0.717) is 12.7 Å². The van der Waals surface area contributed by atoms with Crippen LogP contribution in [0.4, 0.5) is 0 Å². The van der Waals surface area contributed by atoms with Crippen molar-refractivity contribution in [1.29, 1.82) is 0 Å². The maximum atomic E-state index is 13.4. The Morgan fingerprint density at radius 3 is 2.20 bits per heavy atom. The van der Waals surface area contributed by atoms with Crippen molar-refractivity contribution < 1.29 is 81.2 Å². The molecule has 0 aliphatic carbocycles. The lowest BCUT2D eigenvalue weighted by Crippen LogP contribution is -2.66. The van der Waals surface area contributed by atoms with E-state index in [-0.39, 0.29) is 44.4 Å². The molecule has 0 saturated carbocycles. The van der Waals surface area contributed by atoms with Gasteiger partial charge >= 0.3 is 29.8 Å². The topological polar surface area (TPSA) is 218 Å². The third kappa shape index (κ3) is 16.5. The quantitative estimate of drug-likeness (QED) is 0.123. The number of esters is 5. The molecule has 0 spiro atoms. The molecule has 2 fully saturated rings. The second-order valence-electron chi connectivity index (χ2n) is 18.6. The van der Waals surface area contributed by atoms with Crippen LogP contribution in [0.15, 0.2) is 24.3 Å². The monoisotopic (exact) mass is 940 g/mol. The number of likely N-dealkylation sites (N-methyl/N-ethyl adjacent to an activating group) is 1. The minimum atomic E-state index is -1.45. The van der Waals surface area contributed by atoms with E-state index < -0.39 is 133 Å². The van der Waals surface area contributed by atoms with Crippen molar-refractivity contribution in [1.82, 2.24) is 4.90 Å². The summed E-state index contributed by atoms with van der Waals surface area (Å²) in [5, 5.41) is 12.3. The fourth-order valence-electron chi connectivity index (χ4n) is 8.87. The number of hydrogen-bond acceptors (Lipinski definition) is 18. The van der Waals surface area contributed by atoms with Gasteiger partial charge in [0.1, 0.15) is 42.9 Å². The zero-order valence-corrected chi connectivity index (χ0v) is 41.2. The molecule has 0 aromatic carbocycles. The van der Waals surface area contributed by atoms with Gasteiger partial charge in [-0.25, -0.2) is 0 Å². The van der Waals surface area contributed by atoms with E-state index in [9.17, 15) is 33.9 Å². The summed E-state index contributed by atoms with van der Waals surface area (Å²) >= 11 is 0. The number of ether oxygens (including phenoxy) is 10. The second kappa shape index (κ2) is 26.7. The van der Waals surface area contributed by atoms with Gasteiger partial charge in [-0.3, -0.25) is 24.0 Å². The van der Waals surface area contributed by atoms with E-state index in [2.05, 4.69) is 0 Å². The smallest absolute Gasteiger partial charge is 0.309 e. The molecule has 376 valence electrons. The van der Waals surface area contributed by atoms with Crippen molar-refractivity contribution in [3.8, 4) is 0 Å². The zero-order chi connectivity index (χ0) is 49.5. The van der Waals surface area contributed by atoms with Crippen molar-refractivity contribution >= 4 is 36.1 Å². The lowest BCUT2D eigenvalue weighted by Gasteiger charge is -2.51. The number of hydrogen-bond donors (Lipinski definition) is 1. The van der Waals surface area contributed by atoms with Crippen molar-refractivity contribution in [3.05, 3.63) is 24.3 Å². The van der Waals surface area contributed by atoms with Crippen LogP contribution in [0.5, 0.6) is 0 Å². The van der Waals surface area contributed by atoms with Crippen LogP contribution in [0.25, 0.3) is 0 Å². The fourth-order valence-corrected chi connectivity index (χ4v) is 8.87. The van der Waals surface area contributed by atoms with Crippen LogP contribution in [0, 0.1) is 17.8 Å². The SMILES string of the molecule is CCC(=O)O[C@H]1C=CC=CC[C@@H](C)OC(=O)C[C@@H](OC(C)=O)[C@H](OC)[C@@H](O[C@@H]2OC(C)[C@@H](O[C@H]3C[C@](C)(OC(=O)CC)[C@@H](OC(=O)CC(C)C)C(C)O3)[C@@H](N(C)C)C2O)[C@@H](CC=O)C[C@H]1C. The van der Waals surface area contributed by atoms with Crippen LogP contribution in [0.1, 0.15) is 121 Å². The molecule has 3 unspecified atom stereocenters. The molecule has 3 heterocycles. The number of aldehydes is 1. The van der Waals surface area contributed by atoms with E-state index in [1.165, 1.54) is 14.0 Å². The average Bonchev–Trinajstić information content (AvgIpc) is 3.21. The molecule has 3 rings (SSSR count). The number of carbonyl (C=O) groups is 6. The first-order valence-corrected chi connectivity index (χ1v) is 23.3. The van der Waals surface area contributed by atoms with Crippen LogP contribution in [0.3, 0.4) is 0 Å². The third-order valence-electron chi connectivity index (χ3n) is 12.1. The Hall–Kier alpha value is -3.78. The number of carbonyl (C=O) groups excluding carboxylic acids is 6. The maximum absolute atomic E-state index is 13.4. The Bertz CT molecular complexity index is 1650. The molecule has 16 atom stereocenters. The van der Waals surface area contributed by atoms with Gasteiger partial charge in [-0.1, -0.05) is 52.8 Å². The fraction of sp³-hybridized carbons (Fsp3) is 0.792. The number of aliphatic hydroxyl groups is 1. The third-order valence-corrected chi connectivity index (χ3v) is 12.1. The van der Waals surface area contributed by atoms with Gasteiger partial charge in [-0.2, -0.15) is 0 Å². The van der Waals surface area contributed by atoms with Gasteiger partial charge in [0, 0.05) is 52.6 Å². The highest BCUT2D eigenvalue weighted by Gasteiger charge is 2.54. The number of cyclic esters (lactones) is 1. The van der Waals surface area contributed by atoms with E-state index >= 15 is 0 Å². The highest BCUT2D eigenvalue weighted by atomic mass is 16.7. The van der Waals surface area contributed by atoms with Crippen molar-refractivity contribution in [3.63, 3.8) is 0 Å². The van der Waals surface area contributed by atoms with E-state index in [0.717, 1.165) is 0 Å². The van der Waals surface area contributed by atoms with Crippen LogP contribution in [0.2, 0.25) is 0 Å². The van der Waals surface area contributed by atoms with Crippen LogP contribution in [-0.2, 0) is 76.1 Å². The van der Waals surface area contributed by atoms with Crippen molar-refractivity contribution in [2.75, 3.05) is 21.2 Å². The maximum Gasteiger partial charge on any atom is 0.309 e. The molecule has 0 aromatic heterocycles. The van der Waals surface area contributed by atoms with Crippen LogP contribution >= 0.6 is 0 Å². The molecular weight excluding hydrogens is 863 g/mol. The molecule has 1 N–H and O–H groups in total. The summed E-state index contributed by atoms with van der Waals surface area (Å²) in [6.45, 7) is 17.0. The lowest BCUT2D eigenvalue weighted by molar-refractivity contribution is -0.344. The molecule has 0 amide bonds. The van der Waals surface area contributed by atoms with Crippen molar-refractivity contribution in [2.24, 2.45) is 17.8 Å². The van der Waals surface area contributed by atoms with E-state index in [4.69, 9.17) is 47.4 Å². The van der Waals surface area contributed by atoms with E-state index in [1.54, 1.807) is 78.8 Å². The van der Waals surface area contributed by atoms with Crippen LogP contribution < -0.4 is 0 Å². The van der Waals surface area contributed by atoms with Gasteiger partial charge in [-0.05, 0) is 72.0 Å². The minimum absolute atomic E-state index is 0.0238. The summed E-state index contributed by atoms with van der Waals surface area (Å²) in [6.07, 6.45) is -4.18. The van der Waals surface area contributed by atoms with Gasteiger partial charge in [0.2, 0.25) is 0 Å². The Kier molecular flexibility index (Phi) is 22.9. The molecule has 18 nitrogen and oxygen atoms in total. The van der Waals surface area contributed by atoms with Gasteiger partial charge in [0.05, 0.1) is 30.8 Å². The molecule has 0 aromatic rings. The molecule has 2 saturated heterocycles. The summed E-state index contributed by atoms with van der Waals surface area (Å²) in [4.78, 5) is 78.7. The van der Waals surface area contributed by atoms with Gasteiger partial charge in [-0.15, -0.1) is 0 Å². The molecule has 0 bridgehead atoms. The van der Waals surface area contributed by atoms with Crippen LogP contribution in [-0.4, -0.2) is 153 Å². The first-order valence-electron chi connectivity index (χ1n) is 23.3. The number of nitrogens with zero attached hydrogens (tertiary/aromatic N) is 1. The molecule has 3 aliphatic heterocycles. The van der Waals surface area contributed by atoms with Crippen molar-refractivity contribution in [2.45, 2.75) is 206 Å². The molecule has 0 radical (unpaired) electrons. The summed E-state index contributed by atoms with van der Waals surface area (Å²) in [5.74, 6) is -3.91. The Morgan fingerprint density at radius 2 is 1.61 bits per heavy atom. The highest BCUT2D eigenvalue weighted by molar-refractivity contribution is 5.72.